The minimum Gasteiger partial charge on any atom is -0.396 e. The summed E-state index contributed by atoms with van der Waals surface area (Å²) in [5.74, 6) is 0.424. The molecule has 0 saturated heterocycles. The van der Waals surface area contributed by atoms with E-state index in [4.69, 9.17) is 5.73 Å². The molecule has 0 amide bonds. The highest BCUT2D eigenvalue weighted by Gasteiger charge is 2.53. The molecule has 0 unspecified atom stereocenters. The van der Waals surface area contributed by atoms with Gasteiger partial charge in [-0.1, -0.05) is 34.1 Å². The Kier molecular flexibility index (Phi) is 2.64. The Labute approximate surface area is 92.3 Å². The fourth-order valence-corrected chi connectivity index (χ4v) is 2.57. The molecule has 1 aromatic rings. The van der Waals surface area contributed by atoms with Crippen molar-refractivity contribution in [3.63, 3.8) is 0 Å². The van der Waals surface area contributed by atoms with E-state index in [0.717, 1.165) is 10.9 Å². The van der Waals surface area contributed by atoms with Crippen LogP contribution in [0.25, 0.3) is 0 Å². The third-order valence-electron chi connectivity index (χ3n) is 3.19. The summed E-state index contributed by atoms with van der Waals surface area (Å²) in [5.41, 5.74) is 6.90. The maximum absolute atomic E-state index is 9.28. The van der Waals surface area contributed by atoms with Gasteiger partial charge in [-0.3, -0.25) is 0 Å². The standard InChI is InChI=1S/C11H14BrNO/c12-10-4-2-1-3-8(10)9-5-11(9,6-13)7-14/h1-4,9,14H,5-7,13H2/t9-,11+/m1/s1. The highest BCUT2D eigenvalue weighted by Crippen LogP contribution is 2.59. The molecule has 2 nitrogen and oxygen atoms in total. The molecule has 3 N–H and O–H groups in total. The van der Waals surface area contributed by atoms with E-state index in [1.54, 1.807) is 0 Å². The van der Waals surface area contributed by atoms with Gasteiger partial charge in [-0.25, -0.2) is 0 Å². The Morgan fingerprint density at radius 2 is 2.21 bits per heavy atom. The molecule has 3 heteroatoms. The van der Waals surface area contributed by atoms with Crippen molar-refractivity contribution in [1.82, 2.24) is 0 Å². The summed E-state index contributed by atoms with van der Waals surface area (Å²) in [6, 6.07) is 8.16. The maximum Gasteiger partial charge on any atom is 0.0505 e. The molecule has 1 aliphatic rings. The summed E-state index contributed by atoms with van der Waals surface area (Å²) in [6.45, 7) is 0.755. The van der Waals surface area contributed by atoms with Gasteiger partial charge in [0.25, 0.3) is 0 Å². The minimum absolute atomic E-state index is 0.0517. The average Bonchev–Trinajstić information content (AvgIpc) is 2.94. The smallest absolute Gasteiger partial charge is 0.0505 e. The van der Waals surface area contributed by atoms with E-state index >= 15 is 0 Å². The second kappa shape index (κ2) is 3.65. The van der Waals surface area contributed by atoms with Crippen molar-refractivity contribution in [3.8, 4) is 0 Å². The second-order valence-electron chi connectivity index (χ2n) is 4.00. The number of benzene rings is 1. The molecular formula is C11H14BrNO. The molecule has 1 fully saturated rings. The van der Waals surface area contributed by atoms with Crippen LogP contribution in [0.5, 0.6) is 0 Å². The molecule has 1 saturated carbocycles. The number of hydrogen-bond acceptors (Lipinski definition) is 2. The van der Waals surface area contributed by atoms with Crippen LogP contribution in [0.1, 0.15) is 17.9 Å². The lowest BCUT2D eigenvalue weighted by Gasteiger charge is -2.11. The topological polar surface area (TPSA) is 46.2 Å². The van der Waals surface area contributed by atoms with Crippen molar-refractivity contribution < 1.29 is 5.11 Å². The summed E-state index contributed by atoms with van der Waals surface area (Å²) in [7, 11) is 0. The first-order valence-electron chi connectivity index (χ1n) is 4.79. The normalized spacial score (nSPS) is 30.4. The van der Waals surface area contributed by atoms with Gasteiger partial charge in [-0.05, 0) is 24.0 Å². The molecule has 0 heterocycles. The summed E-state index contributed by atoms with van der Waals surface area (Å²) in [4.78, 5) is 0. The lowest BCUT2D eigenvalue weighted by Crippen LogP contribution is -2.21. The zero-order valence-electron chi connectivity index (χ0n) is 7.91. The van der Waals surface area contributed by atoms with Gasteiger partial charge in [0, 0.05) is 16.4 Å². The van der Waals surface area contributed by atoms with E-state index in [1.807, 2.05) is 18.2 Å². The third-order valence-corrected chi connectivity index (χ3v) is 3.91. The second-order valence-corrected chi connectivity index (χ2v) is 4.86. The lowest BCUT2D eigenvalue weighted by atomic mass is 10.0. The predicted octanol–water partition coefficient (Wildman–Crippen LogP) is 1.87. The van der Waals surface area contributed by atoms with Crippen LogP contribution in [0.4, 0.5) is 0 Å². The Bertz CT molecular complexity index is 336. The fraction of sp³-hybridized carbons (Fsp3) is 0.455. The Balaban J connectivity index is 2.24. The van der Waals surface area contributed by atoms with Crippen LogP contribution in [0.3, 0.4) is 0 Å². The average molecular weight is 256 g/mol. The minimum atomic E-state index is -0.0517. The monoisotopic (exact) mass is 255 g/mol. The fourth-order valence-electron chi connectivity index (χ4n) is 2.01. The third kappa shape index (κ3) is 1.49. The van der Waals surface area contributed by atoms with Crippen LogP contribution in [0.2, 0.25) is 0 Å². The number of hydrogen-bond donors (Lipinski definition) is 2. The van der Waals surface area contributed by atoms with Crippen LogP contribution in [0, 0.1) is 5.41 Å². The first kappa shape index (κ1) is 10.1. The van der Waals surface area contributed by atoms with E-state index < -0.39 is 0 Å². The molecule has 14 heavy (non-hydrogen) atoms. The molecule has 0 aromatic heterocycles. The van der Waals surface area contributed by atoms with Crippen molar-refractivity contribution in [2.45, 2.75) is 12.3 Å². The highest BCUT2D eigenvalue weighted by molar-refractivity contribution is 9.10. The van der Waals surface area contributed by atoms with Crippen molar-refractivity contribution in [2.75, 3.05) is 13.2 Å². The molecule has 0 radical (unpaired) electrons. The van der Waals surface area contributed by atoms with Gasteiger partial charge in [0.05, 0.1) is 6.61 Å². The molecule has 2 atom stereocenters. The van der Waals surface area contributed by atoms with E-state index in [0.29, 0.717) is 12.5 Å². The van der Waals surface area contributed by atoms with Crippen LogP contribution in [-0.2, 0) is 0 Å². The van der Waals surface area contributed by atoms with Crippen LogP contribution in [-0.4, -0.2) is 18.3 Å². The van der Waals surface area contributed by atoms with Crippen molar-refractivity contribution in [3.05, 3.63) is 34.3 Å². The SMILES string of the molecule is NC[C@]1(CO)C[C@@H]1c1ccccc1Br. The molecule has 1 aromatic carbocycles. The van der Waals surface area contributed by atoms with Gasteiger partial charge in [-0.2, -0.15) is 0 Å². The maximum atomic E-state index is 9.28. The van der Waals surface area contributed by atoms with Gasteiger partial charge in [-0.15, -0.1) is 0 Å². The number of aliphatic hydroxyl groups excluding tert-OH is 1. The molecule has 2 rings (SSSR count). The van der Waals surface area contributed by atoms with E-state index in [2.05, 4.69) is 22.0 Å². The molecule has 0 spiro atoms. The Hall–Kier alpha value is -0.380. The van der Waals surface area contributed by atoms with Crippen molar-refractivity contribution >= 4 is 15.9 Å². The van der Waals surface area contributed by atoms with Gasteiger partial charge >= 0.3 is 0 Å². The molecule has 0 bridgehead atoms. The van der Waals surface area contributed by atoms with Crippen LogP contribution < -0.4 is 5.73 Å². The molecule has 1 aliphatic carbocycles. The van der Waals surface area contributed by atoms with Crippen molar-refractivity contribution in [2.24, 2.45) is 11.1 Å². The predicted molar refractivity (Wildman–Crippen MR) is 60.1 cm³/mol. The first-order chi connectivity index (χ1) is 6.73. The molecule has 0 aliphatic heterocycles. The van der Waals surface area contributed by atoms with E-state index in [9.17, 15) is 5.11 Å². The number of nitrogens with two attached hydrogens (primary N) is 1. The Morgan fingerprint density at radius 1 is 1.50 bits per heavy atom. The van der Waals surface area contributed by atoms with E-state index in [-0.39, 0.29) is 12.0 Å². The number of halogens is 1. The van der Waals surface area contributed by atoms with Gasteiger partial charge in [0.15, 0.2) is 0 Å². The summed E-state index contributed by atoms with van der Waals surface area (Å²) >= 11 is 3.52. The van der Waals surface area contributed by atoms with Crippen molar-refractivity contribution in [1.29, 1.82) is 0 Å². The zero-order valence-corrected chi connectivity index (χ0v) is 9.50. The van der Waals surface area contributed by atoms with Crippen LogP contribution >= 0.6 is 15.9 Å². The highest BCUT2D eigenvalue weighted by atomic mass is 79.9. The summed E-state index contributed by atoms with van der Waals surface area (Å²) in [5, 5.41) is 9.28. The lowest BCUT2D eigenvalue weighted by molar-refractivity contribution is 0.211. The summed E-state index contributed by atoms with van der Waals surface area (Å²) in [6.07, 6.45) is 1.00. The van der Waals surface area contributed by atoms with Gasteiger partial charge < -0.3 is 10.8 Å². The quantitative estimate of drug-likeness (QED) is 0.867. The van der Waals surface area contributed by atoms with E-state index in [1.165, 1.54) is 5.56 Å². The van der Waals surface area contributed by atoms with Gasteiger partial charge in [0.2, 0.25) is 0 Å². The Morgan fingerprint density at radius 3 is 2.71 bits per heavy atom. The molecule has 76 valence electrons. The number of aliphatic hydroxyl groups is 1. The number of rotatable bonds is 3. The summed E-state index contributed by atoms with van der Waals surface area (Å²) < 4.78 is 1.12. The molecular weight excluding hydrogens is 242 g/mol. The van der Waals surface area contributed by atoms with Gasteiger partial charge in [0.1, 0.15) is 0 Å². The zero-order chi connectivity index (χ0) is 10.2. The van der Waals surface area contributed by atoms with Crippen LogP contribution in [0.15, 0.2) is 28.7 Å². The first-order valence-corrected chi connectivity index (χ1v) is 5.58. The largest absolute Gasteiger partial charge is 0.396 e.